The zero-order valence-corrected chi connectivity index (χ0v) is 17.8. The molecule has 2 nitrogen and oxygen atoms in total. The van der Waals surface area contributed by atoms with Gasteiger partial charge in [0.25, 0.3) is 0 Å². The summed E-state index contributed by atoms with van der Waals surface area (Å²) >= 11 is 0. The molecule has 152 valence electrons. The monoisotopic (exact) mass is 402 g/mol. The first-order chi connectivity index (χ1) is 15.3. The van der Waals surface area contributed by atoms with Crippen LogP contribution >= 0.6 is 0 Å². The lowest BCUT2D eigenvalue weighted by Crippen LogP contribution is -2.74. The Morgan fingerprint density at radius 1 is 0.516 bits per heavy atom. The second-order valence-corrected chi connectivity index (χ2v) is 7.79. The van der Waals surface area contributed by atoms with Gasteiger partial charge < -0.3 is 0 Å². The first-order valence-corrected chi connectivity index (χ1v) is 10.7. The van der Waals surface area contributed by atoms with E-state index in [1.54, 1.807) is 0 Å². The summed E-state index contributed by atoms with van der Waals surface area (Å²) in [4.78, 5) is 2.89. The lowest BCUT2D eigenvalue weighted by Gasteiger charge is -2.44. The largest absolute Gasteiger partial charge is 0.250 e. The van der Waals surface area contributed by atoms with E-state index in [1.165, 1.54) is 21.9 Å². The van der Waals surface area contributed by atoms with Crippen molar-refractivity contribution in [1.29, 1.82) is 0 Å². The molecule has 0 atom stereocenters. The zero-order valence-electron chi connectivity index (χ0n) is 17.8. The van der Waals surface area contributed by atoms with Crippen LogP contribution in [0.15, 0.2) is 140 Å². The van der Waals surface area contributed by atoms with Crippen LogP contribution in [0.2, 0.25) is 0 Å². The molecule has 1 aromatic heterocycles. The Balaban J connectivity index is 0.000000334. The molecule has 5 aromatic rings. The van der Waals surface area contributed by atoms with Crippen LogP contribution in [0, 0.1) is 0 Å². The van der Waals surface area contributed by atoms with Gasteiger partial charge in [0.05, 0.1) is 7.05 Å². The highest BCUT2D eigenvalue weighted by Crippen LogP contribution is 2.09. The summed E-state index contributed by atoms with van der Waals surface area (Å²) in [6, 6.07) is 43.5. The van der Waals surface area contributed by atoms with Gasteiger partial charge in [0.1, 0.15) is 18.5 Å². The summed E-state index contributed by atoms with van der Waals surface area (Å²) in [6.07, 6.45) is 4.48. The van der Waals surface area contributed by atoms with Crippen LogP contribution in [-0.4, -0.2) is 10.7 Å². The van der Waals surface area contributed by atoms with Gasteiger partial charge in [-0.1, -0.05) is 121 Å². The van der Waals surface area contributed by atoms with Crippen molar-refractivity contribution >= 4 is 28.0 Å². The Hall–Kier alpha value is -3.85. The van der Waals surface area contributed by atoms with Crippen molar-refractivity contribution in [1.82, 2.24) is 4.57 Å². The molecule has 0 fully saturated rings. The fraction of sp³-hybridized carbons (Fsp3) is 0.0357. The minimum Gasteiger partial charge on any atom is -0.250 e. The maximum atomic E-state index is 2.89. The maximum Gasteiger partial charge on any atom is 0.241 e. The minimum absolute atomic E-state index is 1.22. The average Bonchev–Trinajstić information content (AvgIpc) is 3.34. The third-order valence-electron chi connectivity index (χ3n) is 5.88. The lowest BCUT2D eigenvalue weighted by atomic mass is 9.13. The van der Waals surface area contributed by atoms with E-state index in [9.17, 15) is 0 Å². The van der Waals surface area contributed by atoms with Crippen molar-refractivity contribution in [2.24, 2.45) is 7.05 Å². The molecule has 31 heavy (non-hydrogen) atoms. The van der Waals surface area contributed by atoms with E-state index >= 15 is 0 Å². The maximum absolute atomic E-state index is 2.89. The number of H-pyrrole nitrogens is 1. The van der Waals surface area contributed by atoms with Gasteiger partial charge in [-0.3, -0.25) is 4.98 Å². The first kappa shape index (κ1) is 20.4. The summed E-state index contributed by atoms with van der Waals surface area (Å²) < 4.78 is 1.94. The Morgan fingerprint density at radius 3 is 1.03 bits per heavy atom. The molecule has 0 amide bonds. The van der Waals surface area contributed by atoms with Crippen LogP contribution in [0.4, 0.5) is 0 Å². The van der Waals surface area contributed by atoms with Crippen LogP contribution < -0.4 is 26.8 Å². The third-order valence-corrected chi connectivity index (χ3v) is 5.88. The minimum atomic E-state index is -1.22. The molecule has 0 saturated heterocycles. The molecule has 3 heteroatoms. The Morgan fingerprint density at radius 2 is 0.839 bits per heavy atom. The van der Waals surface area contributed by atoms with Crippen molar-refractivity contribution in [3.05, 3.63) is 140 Å². The second kappa shape index (κ2) is 9.77. The molecule has 0 saturated carbocycles. The standard InChI is InChI=1S/C24H20B.C4H6N2/c1-5-13-21(14-6-1)25(22-15-7-2-8-16-22,23-17-9-3-10-18-23)24-19-11-4-12-20-24;1-6-3-2-5-4-6/h1-20H;2-4H,1H3/q-1;/p+1. The smallest absolute Gasteiger partial charge is 0.241 e. The molecule has 4 aromatic carbocycles. The number of aromatic nitrogens is 2. The predicted molar refractivity (Wildman–Crippen MR) is 132 cm³/mol. The van der Waals surface area contributed by atoms with Gasteiger partial charge in [0.2, 0.25) is 6.33 Å². The number of aromatic amines is 1. The predicted octanol–water partition coefficient (Wildman–Crippen LogP) is 2.90. The van der Waals surface area contributed by atoms with Gasteiger partial charge in [-0.2, -0.15) is 21.9 Å². The molecule has 0 aliphatic carbocycles. The molecule has 1 N–H and O–H groups in total. The molecule has 0 unspecified atom stereocenters. The van der Waals surface area contributed by atoms with Crippen LogP contribution in [0.25, 0.3) is 0 Å². The van der Waals surface area contributed by atoms with Gasteiger partial charge >= 0.3 is 0 Å². The van der Waals surface area contributed by atoms with Crippen LogP contribution in [-0.2, 0) is 7.05 Å². The fourth-order valence-electron chi connectivity index (χ4n) is 4.49. The van der Waals surface area contributed by atoms with Crippen molar-refractivity contribution in [3.8, 4) is 0 Å². The van der Waals surface area contributed by atoms with E-state index in [1.807, 2.05) is 30.3 Å². The number of nitrogens with one attached hydrogen (secondary N) is 1. The van der Waals surface area contributed by atoms with Crippen LogP contribution in [0.5, 0.6) is 0 Å². The van der Waals surface area contributed by atoms with Crippen molar-refractivity contribution in [2.45, 2.75) is 0 Å². The van der Waals surface area contributed by atoms with Crippen LogP contribution in [0.1, 0.15) is 0 Å². The SMILES string of the molecule is Cn1cc[nH+]c1.c1ccc([B-](c2ccccc2)(c2ccccc2)c2ccccc2)cc1. The molecule has 0 radical (unpaired) electrons. The van der Waals surface area contributed by atoms with Gasteiger partial charge in [0, 0.05) is 0 Å². The number of rotatable bonds is 4. The molecular weight excluding hydrogens is 375 g/mol. The number of hydrogen-bond acceptors (Lipinski definition) is 0. The normalized spacial score (nSPS) is 10.7. The van der Waals surface area contributed by atoms with Crippen LogP contribution in [0.3, 0.4) is 0 Å². The van der Waals surface area contributed by atoms with Crippen molar-refractivity contribution in [2.75, 3.05) is 0 Å². The summed E-state index contributed by atoms with van der Waals surface area (Å²) in [5.41, 5.74) is 5.36. The Bertz CT molecular complexity index is 994. The lowest BCUT2D eigenvalue weighted by molar-refractivity contribution is -0.377. The van der Waals surface area contributed by atoms with Gasteiger partial charge in [-0.15, -0.1) is 0 Å². The Labute approximate surface area is 184 Å². The van der Waals surface area contributed by atoms with Crippen molar-refractivity contribution < 1.29 is 4.98 Å². The van der Waals surface area contributed by atoms with E-state index < -0.39 is 6.15 Å². The molecule has 0 aliphatic heterocycles. The van der Waals surface area contributed by atoms with E-state index in [-0.39, 0.29) is 0 Å². The van der Waals surface area contributed by atoms with E-state index in [2.05, 4.69) is 126 Å². The summed E-state index contributed by atoms with van der Waals surface area (Å²) in [5.74, 6) is 0. The van der Waals surface area contributed by atoms with E-state index in [0.717, 1.165) is 0 Å². The van der Waals surface area contributed by atoms with E-state index in [0.29, 0.717) is 0 Å². The molecule has 1 heterocycles. The summed E-state index contributed by atoms with van der Waals surface area (Å²) in [5, 5.41) is 0. The van der Waals surface area contributed by atoms with Gasteiger partial charge in [0.15, 0.2) is 0 Å². The number of imidazole rings is 1. The number of aryl methyl sites for hydroxylation is 1. The number of nitrogens with zero attached hydrogens (tertiary/aromatic N) is 1. The number of benzene rings is 4. The highest BCUT2D eigenvalue weighted by Gasteiger charge is 2.30. The highest BCUT2D eigenvalue weighted by atomic mass is 15.0. The third kappa shape index (κ3) is 4.36. The second-order valence-electron chi connectivity index (χ2n) is 7.79. The zero-order chi connectivity index (χ0) is 21.4. The topological polar surface area (TPSA) is 19.1 Å². The van der Waals surface area contributed by atoms with Crippen molar-refractivity contribution in [3.63, 3.8) is 0 Å². The van der Waals surface area contributed by atoms with Gasteiger partial charge in [-0.25, -0.2) is 4.57 Å². The highest BCUT2D eigenvalue weighted by molar-refractivity contribution is 7.19. The quantitative estimate of drug-likeness (QED) is 0.412. The summed E-state index contributed by atoms with van der Waals surface area (Å²) in [6.45, 7) is 0. The molecular formula is C28H27BN2. The summed E-state index contributed by atoms with van der Waals surface area (Å²) in [7, 11) is 1.97. The fourth-order valence-corrected chi connectivity index (χ4v) is 4.49. The van der Waals surface area contributed by atoms with E-state index in [4.69, 9.17) is 0 Å². The molecule has 0 spiro atoms. The average molecular weight is 402 g/mol. The molecule has 5 rings (SSSR count). The van der Waals surface area contributed by atoms with Gasteiger partial charge in [-0.05, 0) is 0 Å². The first-order valence-electron chi connectivity index (χ1n) is 10.7. The molecule has 0 aliphatic rings. The Kier molecular flexibility index (Phi) is 6.44. The molecule has 0 bridgehead atoms. The number of hydrogen-bond donors (Lipinski definition) is 0.